The van der Waals surface area contributed by atoms with Crippen LogP contribution in [0.15, 0.2) is 77.9 Å². The van der Waals surface area contributed by atoms with E-state index in [1.165, 1.54) is 10.6 Å². The van der Waals surface area contributed by atoms with Gasteiger partial charge >= 0.3 is 0 Å². The van der Waals surface area contributed by atoms with Crippen molar-refractivity contribution in [2.24, 2.45) is 0 Å². The van der Waals surface area contributed by atoms with Gasteiger partial charge in [0.15, 0.2) is 0 Å². The third-order valence-electron chi connectivity index (χ3n) is 6.73. The zero-order chi connectivity index (χ0) is 25.5. The molecular formula is C29H24FN5O2. The summed E-state index contributed by atoms with van der Waals surface area (Å²) in [5.41, 5.74) is 9.38. The molecule has 1 aliphatic rings. The molecule has 8 heteroatoms. The molecule has 1 saturated carbocycles. The first-order valence-corrected chi connectivity index (χ1v) is 12.1. The molecule has 0 unspecified atom stereocenters. The summed E-state index contributed by atoms with van der Waals surface area (Å²) in [7, 11) is 0. The topological polar surface area (TPSA) is 107 Å². The van der Waals surface area contributed by atoms with Crippen molar-refractivity contribution in [1.82, 2.24) is 19.5 Å². The summed E-state index contributed by atoms with van der Waals surface area (Å²) < 4.78 is 16.5. The zero-order valence-electron chi connectivity index (χ0n) is 19.9. The summed E-state index contributed by atoms with van der Waals surface area (Å²) in [5.74, 6) is 0.617. The molecule has 0 radical (unpaired) electrons. The average molecular weight is 494 g/mol. The lowest BCUT2D eigenvalue weighted by atomic mass is 10.0. The van der Waals surface area contributed by atoms with Crippen molar-refractivity contribution >= 4 is 16.6 Å². The normalized spacial score (nSPS) is 13.2. The molecule has 3 aromatic heterocycles. The molecular weight excluding hydrogens is 469 g/mol. The van der Waals surface area contributed by atoms with Crippen LogP contribution in [0.4, 0.5) is 10.2 Å². The number of anilines is 1. The van der Waals surface area contributed by atoms with Crippen LogP contribution in [0.3, 0.4) is 0 Å². The van der Waals surface area contributed by atoms with Crippen LogP contribution >= 0.6 is 0 Å². The molecule has 1 aliphatic carbocycles. The molecule has 0 atom stereocenters. The highest BCUT2D eigenvalue weighted by Gasteiger charge is 2.25. The third kappa shape index (κ3) is 4.36. The molecule has 3 heterocycles. The van der Waals surface area contributed by atoms with E-state index in [-0.39, 0.29) is 17.8 Å². The minimum absolute atomic E-state index is 0.0325. The number of aliphatic hydroxyl groups excluding tert-OH is 1. The average Bonchev–Trinajstić information content (AvgIpc) is 3.74. The predicted molar refractivity (Wildman–Crippen MR) is 140 cm³/mol. The standard InChI is InChI=1S/C29H24FN5O2/c30-23-13-19(17-7-8-17)12-18-9-11-35(29(37)28(18)23)25-6-3-5-21(22(25)16-36)24-15-26(31)34-27(33-24)14-20-4-1-2-10-32-20/h1-6,9-13,15,17,36H,7-8,14,16H2,(H2,31,33,34). The van der Waals surface area contributed by atoms with Crippen LogP contribution in [0, 0.1) is 5.82 Å². The van der Waals surface area contributed by atoms with E-state index in [0.29, 0.717) is 46.1 Å². The number of pyridine rings is 2. The summed E-state index contributed by atoms with van der Waals surface area (Å²) in [6, 6.07) is 17.6. The van der Waals surface area contributed by atoms with Crippen molar-refractivity contribution < 1.29 is 9.50 Å². The molecule has 3 N–H and O–H groups in total. The van der Waals surface area contributed by atoms with E-state index in [9.17, 15) is 9.90 Å². The number of aromatic nitrogens is 4. The number of rotatable bonds is 6. The van der Waals surface area contributed by atoms with Crippen LogP contribution in [0.2, 0.25) is 0 Å². The maximum Gasteiger partial charge on any atom is 0.265 e. The second kappa shape index (κ2) is 9.22. The van der Waals surface area contributed by atoms with Gasteiger partial charge in [0.2, 0.25) is 0 Å². The van der Waals surface area contributed by atoms with Gasteiger partial charge in [-0.05, 0) is 60.0 Å². The number of hydrogen-bond donors (Lipinski definition) is 2. The maximum absolute atomic E-state index is 15.1. The second-order valence-corrected chi connectivity index (χ2v) is 9.29. The maximum atomic E-state index is 15.1. The number of fused-ring (bicyclic) bond motifs is 1. The van der Waals surface area contributed by atoms with Crippen molar-refractivity contribution in [1.29, 1.82) is 0 Å². The van der Waals surface area contributed by atoms with Gasteiger partial charge in [-0.15, -0.1) is 0 Å². The summed E-state index contributed by atoms with van der Waals surface area (Å²) in [6.45, 7) is -0.363. The molecule has 37 heavy (non-hydrogen) atoms. The lowest BCUT2D eigenvalue weighted by molar-refractivity contribution is 0.282. The molecule has 7 nitrogen and oxygen atoms in total. The van der Waals surface area contributed by atoms with Gasteiger partial charge < -0.3 is 10.8 Å². The second-order valence-electron chi connectivity index (χ2n) is 9.29. The summed E-state index contributed by atoms with van der Waals surface area (Å²) in [4.78, 5) is 26.8. The van der Waals surface area contributed by atoms with Crippen LogP contribution in [0.25, 0.3) is 27.7 Å². The first-order chi connectivity index (χ1) is 18.0. The number of nitrogens with two attached hydrogens (primary N) is 1. The Hall–Kier alpha value is -4.43. The Kier molecular flexibility index (Phi) is 5.73. The molecule has 0 bridgehead atoms. The van der Waals surface area contributed by atoms with Gasteiger partial charge in [0.1, 0.15) is 17.5 Å². The molecule has 0 amide bonds. The Bertz CT molecular complexity index is 1700. The highest BCUT2D eigenvalue weighted by molar-refractivity contribution is 5.83. The van der Waals surface area contributed by atoms with Gasteiger partial charge in [0.25, 0.3) is 5.56 Å². The molecule has 0 aliphatic heterocycles. The molecule has 2 aromatic carbocycles. The fourth-order valence-corrected chi connectivity index (χ4v) is 4.80. The largest absolute Gasteiger partial charge is 0.392 e. The number of halogens is 1. The predicted octanol–water partition coefficient (Wildman–Crippen LogP) is 4.52. The lowest BCUT2D eigenvalue weighted by Crippen LogP contribution is -2.20. The van der Waals surface area contributed by atoms with Gasteiger partial charge in [-0.2, -0.15) is 0 Å². The van der Waals surface area contributed by atoms with E-state index >= 15 is 4.39 Å². The van der Waals surface area contributed by atoms with E-state index in [1.807, 2.05) is 24.3 Å². The van der Waals surface area contributed by atoms with Gasteiger partial charge in [-0.25, -0.2) is 14.4 Å². The number of benzene rings is 2. The van der Waals surface area contributed by atoms with Gasteiger partial charge in [0.05, 0.1) is 29.8 Å². The monoisotopic (exact) mass is 493 g/mol. The fourth-order valence-electron chi connectivity index (χ4n) is 4.80. The van der Waals surface area contributed by atoms with E-state index < -0.39 is 11.4 Å². The van der Waals surface area contributed by atoms with Crippen molar-refractivity contribution in [3.8, 4) is 16.9 Å². The molecule has 1 fully saturated rings. The first kappa shape index (κ1) is 23.0. The molecule has 0 saturated heterocycles. The minimum Gasteiger partial charge on any atom is -0.392 e. The highest BCUT2D eigenvalue weighted by Crippen LogP contribution is 2.41. The number of nitrogens with zero attached hydrogens (tertiary/aromatic N) is 4. The van der Waals surface area contributed by atoms with Crippen molar-refractivity contribution in [3.63, 3.8) is 0 Å². The Labute approximate surface area is 212 Å². The zero-order valence-corrected chi connectivity index (χ0v) is 19.9. The van der Waals surface area contributed by atoms with E-state index in [2.05, 4.69) is 15.0 Å². The highest BCUT2D eigenvalue weighted by atomic mass is 19.1. The Morgan fingerprint density at radius 2 is 1.92 bits per heavy atom. The van der Waals surface area contributed by atoms with E-state index in [1.54, 1.807) is 42.7 Å². The third-order valence-corrected chi connectivity index (χ3v) is 6.73. The Morgan fingerprint density at radius 1 is 1.05 bits per heavy atom. The van der Waals surface area contributed by atoms with Crippen LogP contribution in [0.5, 0.6) is 0 Å². The molecule has 184 valence electrons. The Balaban J connectivity index is 1.46. The number of nitrogen functional groups attached to an aromatic ring is 1. The van der Waals surface area contributed by atoms with Crippen molar-refractivity contribution in [2.75, 3.05) is 5.73 Å². The van der Waals surface area contributed by atoms with E-state index in [4.69, 9.17) is 5.73 Å². The van der Waals surface area contributed by atoms with Crippen LogP contribution < -0.4 is 11.3 Å². The summed E-state index contributed by atoms with van der Waals surface area (Å²) in [5, 5.41) is 11.0. The van der Waals surface area contributed by atoms with E-state index in [0.717, 1.165) is 24.1 Å². The van der Waals surface area contributed by atoms with Crippen LogP contribution in [-0.2, 0) is 13.0 Å². The van der Waals surface area contributed by atoms with Crippen LogP contribution in [-0.4, -0.2) is 24.6 Å². The van der Waals surface area contributed by atoms with Crippen LogP contribution in [0.1, 0.15) is 41.4 Å². The SMILES string of the molecule is Nc1cc(-c2cccc(-n3ccc4cc(C5CC5)cc(F)c4c3=O)c2CO)nc(Cc2ccccn2)n1. The summed E-state index contributed by atoms with van der Waals surface area (Å²) >= 11 is 0. The smallest absolute Gasteiger partial charge is 0.265 e. The molecule has 5 aromatic rings. The lowest BCUT2D eigenvalue weighted by Gasteiger charge is -2.16. The van der Waals surface area contributed by atoms with Crippen molar-refractivity contribution in [2.45, 2.75) is 31.8 Å². The van der Waals surface area contributed by atoms with Gasteiger partial charge in [-0.3, -0.25) is 14.3 Å². The molecule has 6 rings (SSSR count). The van der Waals surface area contributed by atoms with Gasteiger partial charge in [0, 0.05) is 35.3 Å². The minimum atomic E-state index is -0.525. The number of hydrogen-bond acceptors (Lipinski definition) is 6. The molecule has 0 spiro atoms. The fraction of sp³-hybridized carbons (Fsp3) is 0.172. The Morgan fingerprint density at radius 3 is 2.68 bits per heavy atom. The number of aliphatic hydroxyl groups is 1. The summed E-state index contributed by atoms with van der Waals surface area (Å²) in [6.07, 6.45) is 5.81. The first-order valence-electron chi connectivity index (χ1n) is 12.1. The van der Waals surface area contributed by atoms with Crippen molar-refractivity contribution in [3.05, 3.63) is 112 Å². The van der Waals surface area contributed by atoms with Gasteiger partial charge in [-0.1, -0.05) is 24.3 Å². The quantitative estimate of drug-likeness (QED) is 0.360.